The van der Waals surface area contributed by atoms with Crippen molar-refractivity contribution in [1.29, 1.82) is 0 Å². The van der Waals surface area contributed by atoms with E-state index in [1.54, 1.807) is 0 Å². The Morgan fingerprint density at radius 1 is 1.12 bits per heavy atom. The number of hydrogen-bond donors (Lipinski definition) is 2. The smallest absolute Gasteiger partial charge is 0.407 e. The number of amides is 1. The third-order valence-corrected chi connectivity index (χ3v) is 5.45. The number of carbonyl (C=O) groups is 1. The van der Waals surface area contributed by atoms with Gasteiger partial charge in [0, 0.05) is 26.2 Å². The Kier molecular flexibility index (Phi) is 11.8. The minimum atomic E-state index is -4.12. The molecular formula is C21H39F3IN5O2. The maximum absolute atomic E-state index is 12.5. The summed E-state index contributed by atoms with van der Waals surface area (Å²) in [6.07, 6.45) is -1.26. The van der Waals surface area contributed by atoms with Crippen LogP contribution in [0.1, 0.15) is 53.4 Å². The molecule has 2 heterocycles. The lowest BCUT2D eigenvalue weighted by Crippen LogP contribution is -2.44. The number of rotatable bonds is 6. The summed E-state index contributed by atoms with van der Waals surface area (Å²) in [7, 11) is 0. The Balaban J connectivity index is 0.00000512. The average Bonchev–Trinajstić information content (AvgIpc) is 3.07. The van der Waals surface area contributed by atoms with Gasteiger partial charge in [-0.2, -0.15) is 13.2 Å². The van der Waals surface area contributed by atoms with Gasteiger partial charge in [-0.3, -0.25) is 9.89 Å². The average molecular weight is 577 g/mol. The van der Waals surface area contributed by atoms with Gasteiger partial charge in [0.25, 0.3) is 0 Å². The van der Waals surface area contributed by atoms with Gasteiger partial charge >= 0.3 is 12.3 Å². The lowest BCUT2D eigenvalue weighted by atomic mass is 9.93. The molecule has 2 aliphatic rings. The van der Waals surface area contributed by atoms with Crippen LogP contribution in [0.15, 0.2) is 4.99 Å². The van der Waals surface area contributed by atoms with Crippen LogP contribution in [0.25, 0.3) is 0 Å². The molecule has 2 saturated heterocycles. The van der Waals surface area contributed by atoms with E-state index < -0.39 is 24.4 Å². The number of halogens is 4. The number of alkyl halides is 3. The fourth-order valence-corrected chi connectivity index (χ4v) is 4.01. The lowest BCUT2D eigenvalue weighted by molar-refractivity contribution is -0.148. The van der Waals surface area contributed by atoms with E-state index in [4.69, 9.17) is 9.73 Å². The monoisotopic (exact) mass is 577 g/mol. The Hall–Kier alpha value is -0.980. The van der Waals surface area contributed by atoms with Crippen molar-refractivity contribution in [2.75, 3.05) is 45.8 Å². The Morgan fingerprint density at radius 2 is 1.78 bits per heavy atom. The highest BCUT2D eigenvalue weighted by molar-refractivity contribution is 14.0. The first-order valence-corrected chi connectivity index (χ1v) is 11.3. The SMILES string of the molecule is CCNC(=NCCC1CCN(CC(F)(F)F)CC1)N1CC[C@@H](NC(=O)OC(C)(C)C)C1.I. The quantitative estimate of drug-likeness (QED) is 0.286. The number of nitrogens with zero attached hydrogens (tertiary/aromatic N) is 3. The van der Waals surface area contributed by atoms with E-state index in [9.17, 15) is 18.0 Å². The summed E-state index contributed by atoms with van der Waals surface area (Å²) < 4.78 is 42.9. The van der Waals surface area contributed by atoms with Crippen molar-refractivity contribution in [2.24, 2.45) is 10.9 Å². The first-order chi connectivity index (χ1) is 14.4. The number of guanidine groups is 1. The number of likely N-dealkylation sites (tertiary alicyclic amines) is 2. The summed E-state index contributed by atoms with van der Waals surface area (Å²) in [6, 6.07) is 0.0108. The summed E-state index contributed by atoms with van der Waals surface area (Å²) in [5.74, 6) is 1.24. The summed E-state index contributed by atoms with van der Waals surface area (Å²) in [5.41, 5.74) is -0.526. The van der Waals surface area contributed by atoms with Crippen molar-refractivity contribution in [3.8, 4) is 0 Å². The predicted molar refractivity (Wildman–Crippen MR) is 131 cm³/mol. The van der Waals surface area contributed by atoms with E-state index in [2.05, 4.69) is 15.5 Å². The maximum Gasteiger partial charge on any atom is 0.407 e. The Bertz CT molecular complexity index is 605. The second-order valence-electron chi connectivity index (χ2n) is 9.44. The van der Waals surface area contributed by atoms with E-state index in [1.165, 1.54) is 4.90 Å². The fraction of sp³-hybridized carbons (Fsp3) is 0.905. The van der Waals surface area contributed by atoms with Gasteiger partial charge in [0.2, 0.25) is 0 Å². The minimum absolute atomic E-state index is 0. The molecule has 0 spiro atoms. The van der Waals surface area contributed by atoms with E-state index in [-0.39, 0.29) is 30.0 Å². The summed E-state index contributed by atoms with van der Waals surface area (Å²) in [5, 5.41) is 6.23. The molecule has 2 aliphatic heterocycles. The third kappa shape index (κ3) is 11.2. The van der Waals surface area contributed by atoms with Gasteiger partial charge in [-0.1, -0.05) is 0 Å². The first kappa shape index (κ1) is 29.1. The van der Waals surface area contributed by atoms with Crippen LogP contribution in [0.4, 0.5) is 18.0 Å². The van der Waals surface area contributed by atoms with Gasteiger partial charge < -0.3 is 20.3 Å². The van der Waals surface area contributed by atoms with Gasteiger partial charge in [-0.25, -0.2) is 4.79 Å². The van der Waals surface area contributed by atoms with E-state index in [0.717, 1.165) is 44.7 Å². The molecule has 0 radical (unpaired) electrons. The van der Waals surface area contributed by atoms with Crippen molar-refractivity contribution in [3.05, 3.63) is 0 Å². The topological polar surface area (TPSA) is 69.2 Å². The van der Waals surface area contributed by atoms with Crippen molar-refractivity contribution in [2.45, 2.75) is 71.2 Å². The number of ether oxygens (including phenoxy) is 1. The molecule has 0 aromatic heterocycles. The molecule has 0 saturated carbocycles. The van der Waals surface area contributed by atoms with Crippen molar-refractivity contribution in [3.63, 3.8) is 0 Å². The molecule has 2 fully saturated rings. The Morgan fingerprint density at radius 3 is 2.34 bits per heavy atom. The molecule has 1 atom stereocenters. The first-order valence-electron chi connectivity index (χ1n) is 11.3. The number of aliphatic imine (C=N–C) groups is 1. The zero-order valence-electron chi connectivity index (χ0n) is 19.6. The third-order valence-electron chi connectivity index (χ3n) is 5.45. The van der Waals surface area contributed by atoms with Gasteiger partial charge in [0.15, 0.2) is 5.96 Å². The van der Waals surface area contributed by atoms with Gasteiger partial charge in [-0.15, -0.1) is 24.0 Å². The molecule has 1 amide bonds. The minimum Gasteiger partial charge on any atom is -0.444 e. The van der Waals surface area contributed by atoms with Gasteiger partial charge in [0.1, 0.15) is 5.60 Å². The number of nitrogens with one attached hydrogen (secondary N) is 2. The standard InChI is InChI=1S/C21H38F3N5O2.HI/c1-5-25-18(29-13-9-17(14-29)27-19(30)31-20(2,3)4)26-10-6-16-7-11-28(12-8-16)15-21(22,23)24;/h16-17H,5-15H2,1-4H3,(H,25,26)(H,27,30);1H/t17-;/m1./s1. The molecule has 0 aromatic rings. The number of alkyl carbamates (subject to hydrolysis) is 1. The zero-order valence-corrected chi connectivity index (χ0v) is 22.0. The van der Waals surface area contributed by atoms with Crippen LogP contribution in [-0.2, 0) is 4.74 Å². The van der Waals surface area contributed by atoms with Crippen LogP contribution in [0, 0.1) is 5.92 Å². The molecule has 11 heteroatoms. The molecule has 32 heavy (non-hydrogen) atoms. The molecule has 0 bridgehead atoms. The van der Waals surface area contributed by atoms with Crippen molar-refractivity contribution in [1.82, 2.24) is 20.4 Å². The summed E-state index contributed by atoms with van der Waals surface area (Å²) >= 11 is 0. The van der Waals surface area contributed by atoms with E-state index in [1.807, 2.05) is 27.7 Å². The summed E-state index contributed by atoms with van der Waals surface area (Å²) in [4.78, 5) is 20.4. The second kappa shape index (κ2) is 13.0. The molecule has 0 aliphatic carbocycles. The van der Waals surface area contributed by atoms with Crippen LogP contribution < -0.4 is 10.6 Å². The molecule has 188 valence electrons. The lowest BCUT2D eigenvalue weighted by Gasteiger charge is -2.32. The van der Waals surface area contributed by atoms with Crippen molar-refractivity contribution >= 4 is 36.0 Å². The number of piperidine rings is 1. The zero-order chi connectivity index (χ0) is 23.1. The highest BCUT2D eigenvalue weighted by atomic mass is 127. The largest absolute Gasteiger partial charge is 0.444 e. The van der Waals surface area contributed by atoms with Gasteiger partial charge in [0.05, 0.1) is 12.6 Å². The predicted octanol–water partition coefficient (Wildman–Crippen LogP) is 3.83. The van der Waals surface area contributed by atoms with Crippen LogP contribution in [-0.4, -0.2) is 85.5 Å². The Labute approximate surface area is 206 Å². The normalized spacial score (nSPS) is 21.3. The summed E-state index contributed by atoms with van der Waals surface area (Å²) in [6.45, 7) is 10.6. The molecule has 7 nitrogen and oxygen atoms in total. The van der Waals surface area contributed by atoms with E-state index >= 15 is 0 Å². The van der Waals surface area contributed by atoms with E-state index in [0.29, 0.717) is 32.1 Å². The fourth-order valence-electron chi connectivity index (χ4n) is 4.01. The number of carbonyl (C=O) groups excluding carboxylic acids is 1. The molecular weight excluding hydrogens is 538 g/mol. The number of hydrogen-bond acceptors (Lipinski definition) is 4. The van der Waals surface area contributed by atoms with Crippen LogP contribution in [0.3, 0.4) is 0 Å². The molecule has 0 unspecified atom stereocenters. The maximum atomic E-state index is 12.5. The van der Waals surface area contributed by atoms with Crippen LogP contribution >= 0.6 is 24.0 Å². The second-order valence-corrected chi connectivity index (χ2v) is 9.44. The van der Waals surface area contributed by atoms with Crippen molar-refractivity contribution < 1.29 is 22.7 Å². The highest BCUT2D eigenvalue weighted by Gasteiger charge is 2.32. The van der Waals surface area contributed by atoms with Crippen LogP contribution in [0.5, 0.6) is 0 Å². The molecule has 2 N–H and O–H groups in total. The highest BCUT2D eigenvalue weighted by Crippen LogP contribution is 2.24. The molecule has 2 rings (SSSR count). The van der Waals surface area contributed by atoms with Crippen LogP contribution in [0.2, 0.25) is 0 Å². The van der Waals surface area contributed by atoms with Gasteiger partial charge in [-0.05, 0) is 72.4 Å². The molecule has 0 aromatic carbocycles.